The number of rotatable bonds is 6. The first-order valence-electron chi connectivity index (χ1n) is 10.3. The molecule has 1 amide bonds. The molecule has 1 saturated heterocycles. The molecule has 8 nitrogen and oxygen atoms in total. The zero-order valence-electron chi connectivity index (χ0n) is 18.2. The smallest absolute Gasteiger partial charge is 0.257 e. The Morgan fingerprint density at radius 1 is 1.09 bits per heavy atom. The Morgan fingerprint density at radius 2 is 1.84 bits per heavy atom. The average molecular weight is 457 g/mol. The number of nitrogens with one attached hydrogen (secondary N) is 1. The van der Waals surface area contributed by atoms with Crippen LogP contribution in [0.15, 0.2) is 36.4 Å². The number of benzene rings is 2. The number of methoxy groups -OCH3 is 3. The number of aromatic nitrogens is 2. The molecule has 0 bridgehead atoms. The number of halogens is 1. The van der Waals surface area contributed by atoms with E-state index in [0.29, 0.717) is 40.5 Å². The van der Waals surface area contributed by atoms with Crippen molar-refractivity contribution < 1.29 is 19.0 Å². The average Bonchev–Trinajstić information content (AvgIpc) is 2.84. The van der Waals surface area contributed by atoms with E-state index in [4.69, 9.17) is 30.8 Å². The SMILES string of the molecule is COc1cc(Cl)c(NC(=O)[C@H]2CCCN(c3nc4ccccc4nc3OC)C2)c(OC)c1. The first-order valence-corrected chi connectivity index (χ1v) is 10.7. The Morgan fingerprint density at radius 3 is 2.53 bits per heavy atom. The van der Waals surface area contributed by atoms with E-state index in [1.54, 1.807) is 26.4 Å². The molecule has 1 atom stereocenters. The van der Waals surface area contributed by atoms with E-state index in [0.717, 1.165) is 30.4 Å². The van der Waals surface area contributed by atoms with Gasteiger partial charge in [-0.2, -0.15) is 0 Å². The van der Waals surface area contributed by atoms with E-state index in [1.165, 1.54) is 7.11 Å². The summed E-state index contributed by atoms with van der Waals surface area (Å²) in [6.07, 6.45) is 1.59. The molecule has 2 heterocycles. The number of piperidine rings is 1. The van der Waals surface area contributed by atoms with Crippen LogP contribution < -0.4 is 24.4 Å². The molecule has 1 aliphatic heterocycles. The third-order valence-corrected chi connectivity index (χ3v) is 5.84. The largest absolute Gasteiger partial charge is 0.497 e. The number of hydrogen-bond acceptors (Lipinski definition) is 7. The van der Waals surface area contributed by atoms with Crippen LogP contribution in [0.25, 0.3) is 11.0 Å². The summed E-state index contributed by atoms with van der Waals surface area (Å²) in [4.78, 5) is 24.5. The van der Waals surface area contributed by atoms with Crippen LogP contribution in [0.3, 0.4) is 0 Å². The molecular weight excluding hydrogens is 432 g/mol. The molecule has 1 aliphatic rings. The van der Waals surface area contributed by atoms with Crippen molar-refractivity contribution in [2.24, 2.45) is 5.92 Å². The number of carbonyl (C=O) groups is 1. The van der Waals surface area contributed by atoms with Crippen LogP contribution in [0.4, 0.5) is 11.5 Å². The third-order valence-electron chi connectivity index (χ3n) is 5.54. The summed E-state index contributed by atoms with van der Waals surface area (Å²) in [5.41, 5.74) is 1.98. The number of carbonyl (C=O) groups excluding carboxylic acids is 1. The van der Waals surface area contributed by atoms with Gasteiger partial charge in [0.1, 0.15) is 17.2 Å². The maximum atomic E-state index is 13.1. The van der Waals surface area contributed by atoms with Crippen LogP contribution in [-0.2, 0) is 4.79 Å². The zero-order valence-corrected chi connectivity index (χ0v) is 19.0. The minimum atomic E-state index is -0.260. The second-order valence-electron chi connectivity index (χ2n) is 7.51. The highest BCUT2D eigenvalue weighted by Crippen LogP contribution is 2.38. The van der Waals surface area contributed by atoms with Crippen molar-refractivity contribution in [3.8, 4) is 17.4 Å². The van der Waals surface area contributed by atoms with Gasteiger partial charge in [0.2, 0.25) is 5.91 Å². The molecule has 0 spiro atoms. The summed E-state index contributed by atoms with van der Waals surface area (Å²) < 4.78 is 16.1. The maximum Gasteiger partial charge on any atom is 0.257 e. The van der Waals surface area contributed by atoms with E-state index in [1.807, 2.05) is 24.3 Å². The molecular formula is C23H25ClN4O4. The Labute approximate surface area is 191 Å². The Bertz CT molecular complexity index is 1140. The van der Waals surface area contributed by atoms with E-state index in [2.05, 4.69) is 15.2 Å². The van der Waals surface area contributed by atoms with Crippen molar-refractivity contribution in [3.63, 3.8) is 0 Å². The predicted octanol–water partition coefficient (Wildman–Crippen LogP) is 4.16. The number of hydrogen-bond donors (Lipinski definition) is 1. The lowest BCUT2D eigenvalue weighted by Crippen LogP contribution is -2.41. The maximum absolute atomic E-state index is 13.1. The Balaban J connectivity index is 1.56. The summed E-state index contributed by atoms with van der Waals surface area (Å²) >= 11 is 6.37. The number of nitrogens with zero attached hydrogens (tertiary/aromatic N) is 3. The van der Waals surface area contributed by atoms with Gasteiger partial charge in [-0.1, -0.05) is 23.7 Å². The highest BCUT2D eigenvalue weighted by molar-refractivity contribution is 6.34. The fourth-order valence-electron chi connectivity index (χ4n) is 3.88. The van der Waals surface area contributed by atoms with Crippen molar-refractivity contribution >= 4 is 40.0 Å². The summed E-state index contributed by atoms with van der Waals surface area (Å²) in [7, 11) is 4.64. The topological polar surface area (TPSA) is 85.8 Å². The molecule has 4 rings (SSSR count). The van der Waals surface area contributed by atoms with Crippen molar-refractivity contribution in [3.05, 3.63) is 41.4 Å². The van der Waals surface area contributed by atoms with Gasteiger partial charge in [0.05, 0.1) is 43.3 Å². The van der Waals surface area contributed by atoms with Crippen molar-refractivity contribution in [2.45, 2.75) is 12.8 Å². The molecule has 0 radical (unpaired) electrons. The van der Waals surface area contributed by atoms with E-state index in [9.17, 15) is 4.79 Å². The minimum Gasteiger partial charge on any atom is -0.497 e. The Kier molecular flexibility index (Phi) is 6.50. The molecule has 0 saturated carbocycles. The lowest BCUT2D eigenvalue weighted by atomic mass is 9.97. The molecule has 2 aromatic carbocycles. The molecule has 168 valence electrons. The molecule has 0 unspecified atom stereocenters. The number of amides is 1. The predicted molar refractivity (Wildman–Crippen MR) is 124 cm³/mol. The van der Waals surface area contributed by atoms with Crippen LogP contribution in [0.1, 0.15) is 12.8 Å². The van der Waals surface area contributed by atoms with Crippen molar-refractivity contribution in [1.29, 1.82) is 0 Å². The Hall–Kier alpha value is -3.26. The van der Waals surface area contributed by atoms with Crippen LogP contribution in [-0.4, -0.2) is 50.3 Å². The summed E-state index contributed by atoms with van der Waals surface area (Å²) in [5.74, 6) is 1.69. The van der Waals surface area contributed by atoms with Crippen LogP contribution in [0, 0.1) is 5.92 Å². The highest BCUT2D eigenvalue weighted by Gasteiger charge is 2.30. The van der Waals surface area contributed by atoms with Crippen LogP contribution in [0.2, 0.25) is 5.02 Å². The first-order chi connectivity index (χ1) is 15.5. The van der Waals surface area contributed by atoms with Gasteiger partial charge in [0.25, 0.3) is 5.88 Å². The lowest BCUT2D eigenvalue weighted by Gasteiger charge is -2.33. The molecule has 9 heteroatoms. The van der Waals surface area contributed by atoms with E-state index in [-0.39, 0.29) is 11.8 Å². The second-order valence-corrected chi connectivity index (χ2v) is 7.91. The van der Waals surface area contributed by atoms with Gasteiger partial charge < -0.3 is 24.4 Å². The second kappa shape index (κ2) is 9.48. The normalized spacial score (nSPS) is 16.0. The molecule has 1 aromatic heterocycles. The summed E-state index contributed by atoms with van der Waals surface area (Å²) in [6, 6.07) is 11.0. The van der Waals surface area contributed by atoms with E-state index >= 15 is 0 Å². The van der Waals surface area contributed by atoms with Crippen LogP contribution >= 0.6 is 11.6 Å². The minimum absolute atomic E-state index is 0.132. The quantitative estimate of drug-likeness (QED) is 0.595. The first kappa shape index (κ1) is 22.0. The molecule has 0 aliphatic carbocycles. The van der Waals surface area contributed by atoms with E-state index < -0.39 is 0 Å². The van der Waals surface area contributed by atoms with Gasteiger partial charge in [0, 0.05) is 25.2 Å². The van der Waals surface area contributed by atoms with Gasteiger partial charge in [-0.3, -0.25) is 4.79 Å². The lowest BCUT2D eigenvalue weighted by molar-refractivity contribution is -0.120. The van der Waals surface area contributed by atoms with Gasteiger partial charge >= 0.3 is 0 Å². The molecule has 3 aromatic rings. The fraction of sp³-hybridized carbons (Fsp3) is 0.348. The zero-order chi connectivity index (χ0) is 22.7. The molecule has 1 N–H and O–H groups in total. The highest BCUT2D eigenvalue weighted by atomic mass is 35.5. The number of ether oxygens (including phenoxy) is 3. The molecule has 32 heavy (non-hydrogen) atoms. The van der Waals surface area contributed by atoms with Gasteiger partial charge in [0.15, 0.2) is 5.82 Å². The third kappa shape index (κ3) is 4.36. The van der Waals surface area contributed by atoms with Crippen molar-refractivity contribution in [1.82, 2.24) is 9.97 Å². The van der Waals surface area contributed by atoms with Gasteiger partial charge in [-0.25, -0.2) is 9.97 Å². The monoisotopic (exact) mass is 456 g/mol. The van der Waals surface area contributed by atoms with Gasteiger partial charge in [-0.05, 0) is 25.0 Å². The number of fused-ring (bicyclic) bond motifs is 1. The van der Waals surface area contributed by atoms with Crippen LogP contribution in [0.5, 0.6) is 17.4 Å². The number of anilines is 2. The standard InChI is InChI=1S/C23H25ClN4O4/c1-30-15-11-16(24)20(19(12-15)31-2)27-22(29)14-7-6-10-28(13-14)21-23(32-3)26-18-9-5-4-8-17(18)25-21/h4-5,8-9,11-12,14H,6-7,10,13H2,1-3H3,(H,27,29)/t14-/m0/s1. The fourth-order valence-corrected chi connectivity index (χ4v) is 4.13. The van der Waals surface area contributed by atoms with Crippen molar-refractivity contribution in [2.75, 3.05) is 44.6 Å². The molecule has 1 fully saturated rings. The summed E-state index contributed by atoms with van der Waals surface area (Å²) in [5, 5.41) is 3.29. The van der Waals surface area contributed by atoms with Gasteiger partial charge in [-0.15, -0.1) is 0 Å². The summed E-state index contributed by atoms with van der Waals surface area (Å²) in [6.45, 7) is 1.26. The number of para-hydroxylation sites is 2.